The molecule has 0 aliphatic carbocycles. The van der Waals surface area contributed by atoms with Crippen LogP contribution >= 0.6 is 0 Å². The van der Waals surface area contributed by atoms with Crippen LogP contribution in [0.3, 0.4) is 0 Å². The van der Waals surface area contributed by atoms with Crippen molar-refractivity contribution in [2.75, 3.05) is 18.4 Å². The molecule has 0 saturated carbocycles. The molecule has 2 amide bonds. The first-order valence-corrected chi connectivity index (χ1v) is 7.86. The first-order valence-electron chi connectivity index (χ1n) is 7.86. The number of carbonyl (C=O) groups excluding carboxylic acids is 1. The Morgan fingerprint density at radius 2 is 2.17 bits per heavy atom. The fourth-order valence-electron chi connectivity index (χ4n) is 2.89. The van der Waals surface area contributed by atoms with Crippen molar-refractivity contribution in [1.29, 1.82) is 0 Å². The van der Waals surface area contributed by atoms with Crippen LogP contribution in [0, 0.1) is 11.6 Å². The number of nitrogens with zero attached hydrogens (tertiary/aromatic N) is 4. The number of benzene rings is 1. The normalized spacial score (nSPS) is 17.5. The molecule has 6 nitrogen and oxygen atoms in total. The predicted octanol–water partition coefficient (Wildman–Crippen LogP) is 3.16. The van der Waals surface area contributed by atoms with Crippen LogP contribution in [0.5, 0.6) is 0 Å². The molecule has 1 unspecified atom stereocenters. The van der Waals surface area contributed by atoms with Crippen molar-refractivity contribution in [3.8, 4) is 0 Å². The summed E-state index contributed by atoms with van der Waals surface area (Å²) in [5.41, 5.74) is -0.157. The molecule has 128 valence electrons. The van der Waals surface area contributed by atoms with E-state index in [0.717, 1.165) is 30.4 Å². The Morgan fingerprint density at radius 1 is 1.38 bits per heavy atom. The molecule has 1 aliphatic heterocycles. The third-order valence-corrected chi connectivity index (χ3v) is 4.13. The van der Waals surface area contributed by atoms with E-state index in [0.29, 0.717) is 13.1 Å². The van der Waals surface area contributed by atoms with Gasteiger partial charge in [0.25, 0.3) is 0 Å². The van der Waals surface area contributed by atoms with Crippen molar-refractivity contribution in [2.24, 2.45) is 0 Å². The van der Waals surface area contributed by atoms with Gasteiger partial charge in [0.15, 0.2) is 0 Å². The number of halogens is 2. The second-order valence-electron chi connectivity index (χ2n) is 6.19. The fourth-order valence-corrected chi connectivity index (χ4v) is 2.89. The van der Waals surface area contributed by atoms with Gasteiger partial charge in [-0.15, -0.1) is 10.2 Å². The molecule has 8 heteroatoms. The number of anilines is 1. The van der Waals surface area contributed by atoms with E-state index in [4.69, 9.17) is 0 Å². The highest BCUT2D eigenvalue weighted by atomic mass is 19.1. The highest BCUT2D eigenvalue weighted by Gasteiger charge is 2.29. The first kappa shape index (κ1) is 16.4. The molecule has 1 aromatic heterocycles. The van der Waals surface area contributed by atoms with Crippen LogP contribution in [0.1, 0.15) is 38.1 Å². The Labute approximate surface area is 138 Å². The van der Waals surface area contributed by atoms with E-state index >= 15 is 0 Å². The number of hydrogen-bond acceptors (Lipinski definition) is 3. The molecule has 1 atom stereocenters. The van der Waals surface area contributed by atoms with Crippen LogP contribution in [0.4, 0.5) is 19.3 Å². The van der Waals surface area contributed by atoms with E-state index in [9.17, 15) is 13.6 Å². The Kier molecular flexibility index (Phi) is 4.46. The Morgan fingerprint density at radius 3 is 2.92 bits per heavy atom. The van der Waals surface area contributed by atoms with E-state index in [-0.39, 0.29) is 17.6 Å². The third kappa shape index (κ3) is 3.22. The van der Waals surface area contributed by atoms with E-state index in [1.54, 1.807) is 11.2 Å². The minimum absolute atomic E-state index is 0.0838. The van der Waals surface area contributed by atoms with E-state index < -0.39 is 17.7 Å². The molecule has 1 aliphatic rings. The zero-order chi connectivity index (χ0) is 17.3. The Balaban J connectivity index is 1.68. The summed E-state index contributed by atoms with van der Waals surface area (Å²) in [6.45, 7) is 5.07. The van der Waals surface area contributed by atoms with Crippen molar-refractivity contribution in [1.82, 2.24) is 19.7 Å². The smallest absolute Gasteiger partial charge is 0.321 e. The maximum Gasteiger partial charge on any atom is 0.321 e. The SMILES string of the molecule is CC(C)c1nncn1C1CCN(C(=O)Nc2cc(F)ccc2F)C1. The van der Waals surface area contributed by atoms with Crippen LogP contribution in [-0.2, 0) is 0 Å². The second kappa shape index (κ2) is 6.54. The number of likely N-dealkylation sites (tertiary alicyclic amines) is 1. The molecule has 3 rings (SSSR count). The van der Waals surface area contributed by atoms with Crippen LogP contribution in [0.2, 0.25) is 0 Å². The van der Waals surface area contributed by atoms with Gasteiger partial charge < -0.3 is 14.8 Å². The summed E-state index contributed by atoms with van der Waals surface area (Å²) in [5.74, 6) is -0.159. The van der Waals surface area contributed by atoms with Crippen molar-refractivity contribution < 1.29 is 13.6 Å². The molecule has 24 heavy (non-hydrogen) atoms. The highest BCUT2D eigenvalue weighted by molar-refractivity contribution is 5.89. The second-order valence-corrected chi connectivity index (χ2v) is 6.19. The number of carbonyl (C=O) groups is 1. The first-order chi connectivity index (χ1) is 11.5. The molecule has 2 aromatic rings. The molecule has 0 radical (unpaired) electrons. The number of amides is 2. The topological polar surface area (TPSA) is 63.1 Å². The third-order valence-electron chi connectivity index (χ3n) is 4.13. The molecular formula is C16H19F2N5O. The van der Waals surface area contributed by atoms with Crippen molar-refractivity contribution >= 4 is 11.7 Å². The summed E-state index contributed by atoms with van der Waals surface area (Å²) >= 11 is 0. The zero-order valence-corrected chi connectivity index (χ0v) is 13.5. The van der Waals surface area contributed by atoms with Gasteiger partial charge in [-0.3, -0.25) is 0 Å². The van der Waals surface area contributed by atoms with Gasteiger partial charge in [-0.25, -0.2) is 13.6 Å². The minimum Gasteiger partial charge on any atom is -0.322 e. The van der Waals surface area contributed by atoms with Crippen LogP contribution in [0.25, 0.3) is 0 Å². The zero-order valence-electron chi connectivity index (χ0n) is 13.5. The minimum atomic E-state index is -0.665. The number of urea groups is 1. The molecular weight excluding hydrogens is 316 g/mol. The Hall–Kier alpha value is -2.51. The summed E-state index contributed by atoms with van der Waals surface area (Å²) in [5, 5.41) is 10.5. The number of nitrogens with one attached hydrogen (secondary N) is 1. The Bertz CT molecular complexity index is 746. The average Bonchev–Trinajstić information content (AvgIpc) is 3.18. The van der Waals surface area contributed by atoms with Gasteiger partial charge in [-0.2, -0.15) is 0 Å². The van der Waals surface area contributed by atoms with E-state index in [1.807, 2.05) is 18.4 Å². The number of rotatable bonds is 3. The molecule has 1 N–H and O–H groups in total. The van der Waals surface area contributed by atoms with Gasteiger partial charge >= 0.3 is 6.03 Å². The summed E-state index contributed by atoms with van der Waals surface area (Å²) in [4.78, 5) is 13.9. The summed E-state index contributed by atoms with van der Waals surface area (Å²) in [6, 6.07) is 2.61. The molecule has 1 aromatic carbocycles. The van der Waals surface area contributed by atoms with Crippen LogP contribution in [-0.4, -0.2) is 38.8 Å². The van der Waals surface area contributed by atoms with Gasteiger partial charge in [0.05, 0.1) is 11.7 Å². The predicted molar refractivity (Wildman–Crippen MR) is 84.7 cm³/mol. The van der Waals surface area contributed by atoms with Gasteiger partial charge in [0, 0.05) is 25.1 Å². The number of aromatic nitrogens is 3. The van der Waals surface area contributed by atoms with Crippen LogP contribution < -0.4 is 5.32 Å². The number of hydrogen-bond donors (Lipinski definition) is 1. The van der Waals surface area contributed by atoms with Crippen molar-refractivity contribution in [3.63, 3.8) is 0 Å². The van der Waals surface area contributed by atoms with Gasteiger partial charge in [0.2, 0.25) is 0 Å². The lowest BCUT2D eigenvalue weighted by Crippen LogP contribution is -2.33. The molecule has 1 saturated heterocycles. The van der Waals surface area contributed by atoms with Crippen molar-refractivity contribution in [2.45, 2.75) is 32.2 Å². The average molecular weight is 335 g/mol. The maximum absolute atomic E-state index is 13.6. The summed E-state index contributed by atoms with van der Waals surface area (Å²) < 4.78 is 28.8. The lowest BCUT2D eigenvalue weighted by atomic mass is 10.2. The van der Waals surface area contributed by atoms with Gasteiger partial charge in [0.1, 0.15) is 23.8 Å². The van der Waals surface area contributed by atoms with E-state index in [1.165, 1.54) is 0 Å². The van der Waals surface area contributed by atoms with E-state index in [2.05, 4.69) is 15.5 Å². The van der Waals surface area contributed by atoms with Gasteiger partial charge in [-0.05, 0) is 18.6 Å². The lowest BCUT2D eigenvalue weighted by molar-refractivity contribution is 0.220. The summed E-state index contributed by atoms with van der Waals surface area (Å²) in [7, 11) is 0. The molecule has 2 heterocycles. The molecule has 1 fully saturated rings. The fraction of sp³-hybridized carbons (Fsp3) is 0.438. The summed E-state index contributed by atoms with van der Waals surface area (Å²) in [6.07, 6.45) is 2.43. The molecule has 0 bridgehead atoms. The standard InChI is InChI=1S/C16H19F2N5O/c1-10(2)15-21-19-9-23(15)12-5-6-22(8-12)16(24)20-14-7-11(17)3-4-13(14)18/h3-4,7,9-10,12H,5-6,8H2,1-2H3,(H,20,24). The molecule has 0 spiro atoms. The van der Waals surface area contributed by atoms with Crippen molar-refractivity contribution in [3.05, 3.63) is 42.0 Å². The largest absolute Gasteiger partial charge is 0.322 e. The maximum atomic E-state index is 13.6. The quantitative estimate of drug-likeness (QED) is 0.937. The monoisotopic (exact) mass is 335 g/mol. The van der Waals surface area contributed by atoms with Crippen LogP contribution in [0.15, 0.2) is 24.5 Å². The highest BCUT2D eigenvalue weighted by Crippen LogP contribution is 2.26. The lowest BCUT2D eigenvalue weighted by Gasteiger charge is -2.19. The van der Waals surface area contributed by atoms with Gasteiger partial charge in [-0.1, -0.05) is 13.8 Å².